The number of rotatable bonds is 4. The first-order valence-electron chi connectivity index (χ1n) is 6.76. The maximum Gasteiger partial charge on any atom is 0.223 e. The molecule has 1 aliphatic rings. The smallest absolute Gasteiger partial charge is 0.223 e. The van der Waals surface area contributed by atoms with Crippen molar-refractivity contribution >= 4 is 29.7 Å². The molecule has 0 radical (unpaired) electrons. The van der Waals surface area contributed by atoms with Crippen molar-refractivity contribution < 1.29 is 4.79 Å². The van der Waals surface area contributed by atoms with Gasteiger partial charge in [-0.2, -0.15) is 0 Å². The van der Waals surface area contributed by atoms with E-state index in [9.17, 15) is 4.79 Å². The van der Waals surface area contributed by atoms with Crippen molar-refractivity contribution in [2.45, 2.75) is 51.1 Å². The molecule has 0 bridgehead atoms. The molecule has 0 aliphatic carbocycles. The first-order valence-corrected chi connectivity index (χ1v) is 7.64. The zero-order valence-electron chi connectivity index (χ0n) is 11.4. The van der Waals surface area contributed by atoms with Gasteiger partial charge in [0.05, 0.1) is 0 Å². The van der Waals surface area contributed by atoms with E-state index in [2.05, 4.69) is 11.4 Å². The highest BCUT2D eigenvalue weighted by Crippen LogP contribution is 2.21. The number of halogens is 1. The number of hydrogen-bond acceptors (Lipinski definition) is 3. The summed E-state index contributed by atoms with van der Waals surface area (Å²) in [5, 5.41) is 2.06. The van der Waals surface area contributed by atoms with Crippen molar-refractivity contribution in [3.63, 3.8) is 0 Å². The summed E-state index contributed by atoms with van der Waals surface area (Å²) in [4.78, 5) is 15.6. The zero-order valence-corrected chi connectivity index (χ0v) is 13.0. The topological polar surface area (TPSA) is 46.3 Å². The fraction of sp³-hybridized carbons (Fsp3) is 0.643. The fourth-order valence-electron chi connectivity index (χ4n) is 2.64. The minimum atomic E-state index is 0. The Labute approximate surface area is 125 Å². The van der Waals surface area contributed by atoms with E-state index >= 15 is 0 Å². The first-order chi connectivity index (χ1) is 8.68. The van der Waals surface area contributed by atoms with Crippen LogP contribution in [-0.2, 0) is 11.2 Å². The number of aryl methyl sites for hydroxylation is 1. The summed E-state index contributed by atoms with van der Waals surface area (Å²) in [5.41, 5.74) is 5.99. The normalized spacial score (nSPS) is 20.7. The van der Waals surface area contributed by atoms with Gasteiger partial charge >= 0.3 is 0 Å². The van der Waals surface area contributed by atoms with Crippen LogP contribution in [0, 0.1) is 0 Å². The van der Waals surface area contributed by atoms with Crippen molar-refractivity contribution in [2.24, 2.45) is 5.73 Å². The van der Waals surface area contributed by atoms with Gasteiger partial charge in [0, 0.05) is 29.9 Å². The van der Waals surface area contributed by atoms with Gasteiger partial charge in [-0.3, -0.25) is 4.79 Å². The van der Waals surface area contributed by atoms with Crippen molar-refractivity contribution in [1.82, 2.24) is 4.90 Å². The van der Waals surface area contributed by atoms with E-state index in [1.165, 1.54) is 11.3 Å². The van der Waals surface area contributed by atoms with Crippen LogP contribution in [0.15, 0.2) is 17.5 Å². The molecule has 3 nitrogen and oxygen atoms in total. The molecule has 19 heavy (non-hydrogen) atoms. The van der Waals surface area contributed by atoms with Crippen LogP contribution < -0.4 is 5.73 Å². The summed E-state index contributed by atoms with van der Waals surface area (Å²) >= 11 is 1.72. The average Bonchev–Trinajstić information content (AvgIpc) is 2.89. The molecule has 5 heteroatoms. The third kappa shape index (κ3) is 4.48. The molecule has 1 amide bonds. The number of thiophene rings is 1. The molecular weight excluding hydrogens is 280 g/mol. The Balaban J connectivity index is 0.00000180. The van der Waals surface area contributed by atoms with Gasteiger partial charge in [-0.05, 0) is 44.1 Å². The molecule has 108 valence electrons. The number of carbonyl (C=O) groups is 1. The van der Waals surface area contributed by atoms with E-state index in [0.29, 0.717) is 6.42 Å². The van der Waals surface area contributed by atoms with E-state index in [-0.39, 0.29) is 30.4 Å². The Morgan fingerprint density at radius 3 is 3.00 bits per heavy atom. The highest BCUT2D eigenvalue weighted by Gasteiger charge is 2.28. The van der Waals surface area contributed by atoms with E-state index in [0.717, 1.165) is 25.8 Å². The lowest BCUT2D eigenvalue weighted by Gasteiger charge is -2.38. The van der Waals surface area contributed by atoms with Gasteiger partial charge in [0.2, 0.25) is 5.91 Å². The molecule has 1 aliphatic heterocycles. The largest absolute Gasteiger partial charge is 0.338 e. The van der Waals surface area contributed by atoms with Gasteiger partial charge in [-0.1, -0.05) is 6.07 Å². The first kappa shape index (κ1) is 16.5. The van der Waals surface area contributed by atoms with Gasteiger partial charge in [-0.25, -0.2) is 0 Å². The molecule has 0 saturated carbocycles. The minimum Gasteiger partial charge on any atom is -0.338 e. The molecule has 1 aromatic heterocycles. The molecule has 2 heterocycles. The average molecular weight is 303 g/mol. The Morgan fingerprint density at radius 1 is 1.58 bits per heavy atom. The molecule has 2 N–H and O–H groups in total. The quantitative estimate of drug-likeness (QED) is 0.929. The van der Waals surface area contributed by atoms with Crippen LogP contribution >= 0.6 is 23.7 Å². The van der Waals surface area contributed by atoms with E-state index < -0.39 is 0 Å². The van der Waals surface area contributed by atoms with Crippen molar-refractivity contribution in [1.29, 1.82) is 0 Å². The van der Waals surface area contributed by atoms with Crippen LogP contribution in [0.1, 0.15) is 37.5 Å². The third-order valence-corrected chi connectivity index (χ3v) is 4.58. The van der Waals surface area contributed by atoms with Gasteiger partial charge in [-0.15, -0.1) is 23.7 Å². The highest BCUT2D eigenvalue weighted by molar-refractivity contribution is 7.09. The SMILES string of the molecule is CC(N)C1CCCCN1C(=O)CCc1cccs1.Cl. The lowest BCUT2D eigenvalue weighted by atomic mass is 9.96. The number of hydrogen-bond donors (Lipinski definition) is 1. The molecule has 1 saturated heterocycles. The van der Waals surface area contributed by atoms with E-state index in [4.69, 9.17) is 5.73 Å². The van der Waals surface area contributed by atoms with E-state index in [1.54, 1.807) is 11.3 Å². The molecular formula is C14H23ClN2OS. The Bertz CT molecular complexity index is 381. The number of nitrogens with zero attached hydrogens (tertiary/aromatic N) is 1. The fourth-order valence-corrected chi connectivity index (χ4v) is 3.35. The third-order valence-electron chi connectivity index (χ3n) is 3.64. The van der Waals surface area contributed by atoms with Crippen molar-refractivity contribution in [3.05, 3.63) is 22.4 Å². The van der Waals surface area contributed by atoms with Gasteiger partial charge < -0.3 is 10.6 Å². The number of nitrogens with two attached hydrogens (primary N) is 1. The number of piperidine rings is 1. The van der Waals surface area contributed by atoms with Gasteiger partial charge in [0.25, 0.3) is 0 Å². The second-order valence-corrected chi connectivity index (χ2v) is 6.12. The minimum absolute atomic E-state index is 0. The van der Waals surface area contributed by atoms with Crippen LogP contribution in [0.5, 0.6) is 0 Å². The van der Waals surface area contributed by atoms with Crippen LogP contribution in [0.3, 0.4) is 0 Å². The summed E-state index contributed by atoms with van der Waals surface area (Å²) in [7, 11) is 0. The summed E-state index contributed by atoms with van der Waals surface area (Å²) in [5.74, 6) is 0.269. The Morgan fingerprint density at radius 2 is 2.37 bits per heavy atom. The Hall–Kier alpha value is -0.580. The molecule has 0 aromatic carbocycles. The lowest BCUT2D eigenvalue weighted by Crippen LogP contribution is -2.51. The molecule has 2 rings (SSSR count). The second kappa shape index (κ2) is 7.88. The number of carbonyl (C=O) groups excluding carboxylic acids is 1. The van der Waals surface area contributed by atoms with Crippen molar-refractivity contribution in [3.8, 4) is 0 Å². The molecule has 1 fully saturated rings. The van der Waals surface area contributed by atoms with Crippen LogP contribution in [0.2, 0.25) is 0 Å². The highest BCUT2D eigenvalue weighted by atomic mass is 35.5. The van der Waals surface area contributed by atoms with Crippen LogP contribution in [0.25, 0.3) is 0 Å². The summed E-state index contributed by atoms with van der Waals surface area (Å²) in [6.07, 6.45) is 4.85. The van der Waals surface area contributed by atoms with Crippen LogP contribution in [0.4, 0.5) is 0 Å². The number of amides is 1. The number of likely N-dealkylation sites (tertiary alicyclic amines) is 1. The van der Waals surface area contributed by atoms with Gasteiger partial charge in [0.15, 0.2) is 0 Å². The summed E-state index contributed by atoms with van der Waals surface area (Å²) in [6, 6.07) is 4.46. The second-order valence-electron chi connectivity index (χ2n) is 5.09. The molecule has 2 unspecified atom stereocenters. The van der Waals surface area contributed by atoms with Crippen molar-refractivity contribution in [2.75, 3.05) is 6.54 Å². The summed E-state index contributed by atoms with van der Waals surface area (Å²) in [6.45, 7) is 2.89. The summed E-state index contributed by atoms with van der Waals surface area (Å²) < 4.78 is 0. The predicted molar refractivity (Wildman–Crippen MR) is 82.9 cm³/mol. The monoisotopic (exact) mass is 302 g/mol. The molecule has 0 spiro atoms. The van der Waals surface area contributed by atoms with E-state index in [1.807, 2.05) is 17.9 Å². The zero-order chi connectivity index (χ0) is 13.0. The molecule has 1 aromatic rings. The standard InChI is InChI=1S/C14H22N2OS.ClH/c1-11(15)13-6-2-3-9-16(13)14(17)8-7-12-5-4-10-18-12;/h4-5,10-11,13H,2-3,6-9,15H2,1H3;1H. The Kier molecular flexibility index (Phi) is 6.83. The van der Waals surface area contributed by atoms with Gasteiger partial charge in [0.1, 0.15) is 0 Å². The maximum absolute atomic E-state index is 12.3. The lowest BCUT2D eigenvalue weighted by molar-refractivity contribution is -0.135. The predicted octanol–water partition coefficient (Wildman–Crippen LogP) is 2.83. The maximum atomic E-state index is 12.3. The molecule has 2 atom stereocenters. The van der Waals surface area contributed by atoms with Crippen LogP contribution in [-0.4, -0.2) is 29.4 Å².